The molecule has 152 valence electrons. The van der Waals surface area contributed by atoms with Gasteiger partial charge in [-0.1, -0.05) is 6.58 Å². The van der Waals surface area contributed by atoms with Crippen LogP contribution in [0.3, 0.4) is 0 Å². The highest BCUT2D eigenvalue weighted by Gasteiger charge is 2.36. The molecule has 0 saturated carbocycles. The second kappa shape index (κ2) is 18.4. The van der Waals surface area contributed by atoms with Gasteiger partial charge < -0.3 is 31.6 Å². The van der Waals surface area contributed by atoms with E-state index in [0.717, 1.165) is 6.08 Å². The summed E-state index contributed by atoms with van der Waals surface area (Å²) in [4.78, 5) is 20.7. The Labute approximate surface area is 158 Å². The lowest BCUT2D eigenvalue weighted by Gasteiger charge is -2.23. The zero-order chi connectivity index (χ0) is 20.3. The number of rotatable bonds is 10. The van der Waals surface area contributed by atoms with Gasteiger partial charge in [-0.2, -0.15) is 0 Å². The van der Waals surface area contributed by atoms with Crippen LogP contribution in [0.5, 0.6) is 0 Å². The highest BCUT2D eigenvalue weighted by atomic mass is 28.4. The summed E-state index contributed by atoms with van der Waals surface area (Å²) in [7, 11) is 4.86. The minimum atomic E-state index is -2.52. The number of hydrogen-bond acceptors (Lipinski definition) is 9. The van der Waals surface area contributed by atoms with Crippen molar-refractivity contribution in [1.29, 1.82) is 0 Å². The van der Waals surface area contributed by atoms with E-state index in [4.69, 9.17) is 18.0 Å². The molecule has 26 heavy (non-hydrogen) atoms. The summed E-state index contributed by atoms with van der Waals surface area (Å²) in [6.45, 7) is 4.07. The highest BCUT2D eigenvalue weighted by Crippen LogP contribution is 2.14. The minimum absolute atomic E-state index is 0.227. The van der Waals surface area contributed by atoms with Gasteiger partial charge in [0.15, 0.2) is 0 Å². The van der Waals surface area contributed by atoms with Gasteiger partial charge >= 0.3 is 30.7 Å². The maximum atomic E-state index is 10.7. The molecular formula is C15H30O9Si2. The van der Waals surface area contributed by atoms with E-state index < -0.39 is 24.8 Å². The van der Waals surface area contributed by atoms with Gasteiger partial charge in [0.1, 0.15) is 6.61 Å². The lowest BCUT2D eigenvalue weighted by molar-refractivity contribution is -0.138. The summed E-state index contributed by atoms with van der Waals surface area (Å²) >= 11 is 0. The summed E-state index contributed by atoms with van der Waals surface area (Å²) < 4.78 is 34.0. The Hall–Kier alpha value is -1.35. The van der Waals surface area contributed by atoms with Crippen molar-refractivity contribution < 1.29 is 41.2 Å². The van der Waals surface area contributed by atoms with E-state index in [1.54, 1.807) is 41.6 Å². The highest BCUT2D eigenvalue weighted by molar-refractivity contribution is 6.60. The van der Waals surface area contributed by atoms with Crippen molar-refractivity contribution in [2.24, 2.45) is 0 Å². The first-order valence-corrected chi connectivity index (χ1v) is 10.8. The molecule has 9 nitrogen and oxygen atoms in total. The van der Waals surface area contributed by atoms with Crippen LogP contribution in [-0.2, 0) is 41.2 Å². The SMILES string of the molecule is C=CC(=O)OCCC[Si](OC)(OC)OC.CO[SiH2]OC.O=C1C=CCO1. The Morgan fingerprint density at radius 3 is 2.08 bits per heavy atom. The summed E-state index contributed by atoms with van der Waals surface area (Å²) in [5.41, 5.74) is 0. The maximum absolute atomic E-state index is 10.7. The number of carbonyl (C=O) groups excluding carboxylic acids is 2. The normalized spacial score (nSPS) is 12.3. The van der Waals surface area contributed by atoms with Crippen molar-refractivity contribution in [3.05, 3.63) is 24.8 Å². The van der Waals surface area contributed by atoms with Gasteiger partial charge in [-0.05, 0) is 12.5 Å². The van der Waals surface area contributed by atoms with Crippen molar-refractivity contribution in [2.75, 3.05) is 48.8 Å². The fourth-order valence-electron chi connectivity index (χ4n) is 1.52. The Balaban J connectivity index is 0. The summed E-state index contributed by atoms with van der Waals surface area (Å²) in [5.74, 6) is -0.649. The summed E-state index contributed by atoms with van der Waals surface area (Å²) in [6, 6.07) is 0.612. The summed E-state index contributed by atoms with van der Waals surface area (Å²) in [6.07, 6.45) is 4.87. The van der Waals surface area contributed by atoms with E-state index in [1.807, 2.05) is 0 Å². The third-order valence-corrected chi connectivity index (χ3v) is 6.09. The first-order valence-electron chi connectivity index (χ1n) is 7.71. The first kappa shape index (κ1) is 26.9. The molecule has 0 unspecified atom stereocenters. The van der Waals surface area contributed by atoms with E-state index in [1.165, 1.54) is 6.08 Å². The average Bonchev–Trinajstić information content (AvgIpc) is 3.15. The van der Waals surface area contributed by atoms with Crippen LogP contribution in [0, 0.1) is 0 Å². The molecule has 0 atom stereocenters. The molecular weight excluding hydrogens is 380 g/mol. The molecule has 0 radical (unpaired) electrons. The zero-order valence-electron chi connectivity index (χ0n) is 16.1. The molecule has 11 heteroatoms. The predicted molar refractivity (Wildman–Crippen MR) is 100 cm³/mol. The topological polar surface area (TPSA) is 98.8 Å². The molecule has 0 aliphatic carbocycles. The van der Waals surface area contributed by atoms with Crippen LogP contribution >= 0.6 is 0 Å². The second-order valence-corrected chi connectivity index (χ2v) is 8.98. The molecule has 0 aromatic carbocycles. The van der Waals surface area contributed by atoms with Gasteiger partial charge in [0.05, 0.1) is 6.61 Å². The maximum Gasteiger partial charge on any atom is 0.500 e. The Bertz CT molecular complexity index is 402. The number of cyclic esters (lactones) is 1. The Morgan fingerprint density at radius 2 is 1.81 bits per heavy atom. The minimum Gasteiger partial charge on any atom is -0.463 e. The third kappa shape index (κ3) is 15.0. The van der Waals surface area contributed by atoms with Gasteiger partial charge in [0.2, 0.25) is 0 Å². The van der Waals surface area contributed by atoms with Crippen LogP contribution in [0.2, 0.25) is 6.04 Å². The molecule has 0 bridgehead atoms. The van der Waals surface area contributed by atoms with E-state index in [-0.39, 0.29) is 5.97 Å². The molecule has 0 amide bonds. The molecule has 0 aromatic heterocycles. The molecule has 1 heterocycles. The van der Waals surface area contributed by atoms with Crippen LogP contribution in [-0.4, -0.2) is 79.5 Å². The van der Waals surface area contributed by atoms with Crippen molar-refractivity contribution in [3.8, 4) is 0 Å². The molecule has 0 aromatic rings. The molecule has 0 saturated heterocycles. The smallest absolute Gasteiger partial charge is 0.463 e. The predicted octanol–water partition coefficient (Wildman–Crippen LogP) is 0.361. The van der Waals surface area contributed by atoms with Gasteiger partial charge in [0.25, 0.3) is 0 Å². The van der Waals surface area contributed by atoms with Crippen LogP contribution in [0.1, 0.15) is 6.42 Å². The van der Waals surface area contributed by atoms with Gasteiger partial charge in [0, 0.05) is 53.7 Å². The van der Waals surface area contributed by atoms with Crippen molar-refractivity contribution in [1.82, 2.24) is 0 Å². The van der Waals surface area contributed by atoms with E-state index in [9.17, 15) is 9.59 Å². The zero-order valence-corrected chi connectivity index (χ0v) is 18.6. The molecule has 0 N–H and O–H groups in total. The lowest BCUT2D eigenvalue weighted by Crippen LogP contribution is -2.42. The Kier molecular flexibility index (Phi) is 19.1. The second-order valence-electron chi connectivity index (χ2n) is 4.50. The van der Waals surface area contributed by atoms with Crippen LogP contribution < -0.4 is 0 Å². The van der Waals surface area contributed by atoms with E-state index in [2.05, 4.69) is 20.2 Å². The standard InChI is InChI=1S/C9H18O5Si.C4H4O2.C2H8O2Si/c1-5-9(10)14-7-6-8-15(11-2,12-3)13-4;5-4-2-1-3-6-4;1-3-5-4-2/h5H,1,6-8H2,2-4H3;1-2H,3H2;5H2,1-2H3. The number of ether oxygens (including phenoxy) is 2. The van der Waals surface area contributed by atoms with Gasteiger partial charge in [-0.3, -0.25) is 0 Å². The van der Waals surface area contributed by atoms with Crippen LogP contribution in [0.15, 0.2) is 24.8 Å². The molecule has 1 rings (SSSR count). The molecule has 1 aliphatic rings. The lowest BCUT2D eigenvalue weighted by atomic mass is 10.5. The quantitative estimate of drug-likeness (QED) is 0.219. The van der Waals surface area contributed by atoms with Gasteiger partial charge in [-0.25, -0.2) is 9.59 Å². The third-order valence-electron chi connectivity index (χ3n) is 2.78. The van der Waals surface area contributed by atoms with E-state index >= 15 is 0 Å². The molecule has 0 fully saturated rings. The van der Waals surface area contributed by atoms with Gasteiger partial charge in [-0.15, -0.1) is 0 Å². The first-order chi connectivity index (χ1) is 12.4. The number of hydrogen-bond donors (Lipinski definition) is 0. The molecule has 1 aliphatic heterocycles. The average molecular weight is 411 g/mol. The van der Waals surface area contributed by atoms with Crippen molar-refractivity contribution in [2.45, 2.75) is 12.5 Å². The van der Waals surface area contributed by atoms with Crippen molar-refractivity contribution >= 4 is 30.7 Å². The monoisotopic (exact) mass is 410 g/mol. The molecule has 0 spiro atoms. The Morgan fingerprint density at radius 1 is 1.23 bits per heavy atom. The van der Waals surface area contributed by atoms with Crippen LogP contribution in [0.25, 0.3) is 0 Å². The fourth-order valence-corrected chi connectivity index (χ4v) is 3.44. The largest absolute Gasteiger partial charge is 0.500 e. The van der Waals surface area contributed by atoms with Crippen molar-refractivity contribution in [3.63, 3.8) is 0 Å². The van der Waals surface area contributed by atoms with E-state index in [0.29, 0.717) is 25.7 Å². The number of carbonyl (C=O) groups is 2. The van der Waals surface area contributed by atoms with Crippen LogP contribution in [0.4, 0.5) is 0 Å². The number of esters is 2. The fraction of sp³-hybridized carbons (Fsp3) is 0.600. The summed E-state index contributed by atoms with van der Waals surface area (Å²) in [5, 5.41) is 0.